The number of carbonyl (C=O) groups is 1. The minimum atomic E-state index is -1.62. The van der Waals surface area contributed by atoms with Gasteiger partial charge in [-0.05, 0) is 35.0 Å². The topological polar surface area (TPSA) is 79.9 Å². The Balaban J connectivity index is 2.76. The van der Waals surface area contributed by atoms with Crippen LogP contribution in [0.3, 0.4) is 0 Å². The van der Waals surface area contributed by atoms with Crippen molar-refractivity contribution in [3.05, 3.63) is 27.9 Å². The van der Waals surface area contributed by atoms with Crippen molar-refractivity contribution in [1.29, 1.82) is 0 Å². The first-order chi connectivity index (χ1) is 8.45. The zero-order chi connectivity index (χ0) is 13.4. The fraction of sp³-hybridized carbons (Fsp3) is 0.250. The first-order valence-electron chi connectivity index (χ1n) is 5.13. The number of hydrogen-bond acceptors (Lipinski definition) is 4. The molecule has 2 N–H and O–H groups in total. The normalized spacial score (nSPS) is 12.7. The van der Waals surface area contributed by atoms with E-state index in [9.17, 15) is 9.90 Å². The van der Waals surface area contributed by atoms with Crippen LogP contribution in [0.4, 0.5) is 0 Å². The van der Waals surface area contributed by atoms with E-state index in [0.717, 1.165) is 0 Å². The summed E-state index contributed by atoms with van der Waals surface area (Å²) >= 11 is 3.29. The lowest BCUT2D eigenvalue weighted by molar-refractivity contribution is -0.147. The van der Waals surface area contributed by atoms with E-state index in [-0.39, 0.29) is 5.56 Å². The zero-order valence-electron chi connectivity index (χ0n) is 9.73. The molecule has 1 aromatic carbocycles. The smallest absolute Gasteiger partial charge is 0.337 e. The van der Waals surface area contributed by atoms with Crippen LogP contribution in [-0.4, -0.2) is 23.3 Å². The molecule has 1 atom stereocenters. The van der Waals surface area contributed by atoms with Crippen LogP contribution in [0.1, 0.15) is 17.4 Å². The molecule has 0 fully saturated rings. The molecule has 1 aromatic heterocycles. The van der Waals surface area contributed by atoms with Crippen molar-refractivity contribution in [2.75, 3.05) is 7.11 Å². The van der Waals surface area contributed by atoms with E-state index in [1.54, 1.807) is 13.0 Å². The number of fused-ring (bicyclic) bond motifs is 1. The van der Waals surface area contributed by atoms with Gasteiger partial charge in [0, 0.05) is 15.4 Å². The molecule has 0 aliphatic heterocycles. The number of hydrogen-bond donors (Lipinski definition) is 2. The molecule has 2 aromatic rings. The third kappa shape index (κ3) is 1.97. The Morgan fingerprint density at radius 2 is 2.17 bits per heavy atom. The molecular formula is C12H11BrO5. The van der Waals surface area contributed by atoms with Crippen LogP contribution in [0.25, 0.3) is 11.0 Å². The quantitative estimate of drug-likeness (QED) is 0.910. The van der Waals surface area contributed by atoms with Gasteiger partial charge in [-0.2, -0.15) is 0 Å². The SMILES string of the molecule is COc1cc(C(O)C(=O)O)c(Br)c2cc(C)oc12. The number of rotatable bonds is 3. The fourth-order valence-electron chi connectivity index (χ4n) is 1.77. The Morgan fingerprint density at radius 1 is 1.50 bits per heavy atom. The number of aliphatic carboxylic acids is 1. The number of benzene rings is 1. The minimum absolute atomic E-state index is 0.229. The molecule has 96 valence electrons. The van der Waals surface area contributed by atoms with Crippen molar-refractivity contribution in [2.24, 2.45) is 0 Å². The third-order valence-corrected chi connectivity index (χ3v) is 3.49. The lowest BCUT2D eigenvalue weighted by Crippen LogP contribution is -2.11. The van der Waals surface area contributed by atoms with Crippen LogP contribution in [0, 0.1) is 6.92 Å². The Bertz CT molecular complexity index is 616. The van der Waals surface area contributed by atoms with Gasteiger partial charge < -0.3 is 19.4 Å². The second-order valence-corrected chi connectivity index (χ2v) is 4.62. The van der Waals surface area contributed by atoms with E-state index in [0.29, 0.717) is 27.0 Å². The molecule has 18 heavy (non-hydrogen) atoms. The number of furan rings is 1. The summed E-state index contributed by atoms with van der Waals surface area (Å²) in [5.41, 5.74) is 0.746. The van der Waals surface area contributed by atoms with Crippen molar-refractivity contribution < 1.29 is 24.2 Å². The molecule has 0 saturated heterocycles. The highest BCUT2D eigenvalue weighted by Crippen LogP contribution is 2.39. The van der Waals surface area contributed by atoms with Crippen molar-refractivity contribution in [3.8, 4) is 5.75 Å². The highest BCUT2D eigenvalue weighted by atomic mass is 79.9. The van der Waals surface area contributed by atoms with E-state index in [4.69, 9.17) is 14.3 Å². The summed E-state index contributed by atoms with van der Waals surface area (Å²) < 4.78 is 11.1. The lowest BCUT2D eigenvalue weighted by atomic mass is 10.1. The van der Waals surface area contributed by atoms with Gasteiger partial charge in [0.1, 0.15) is 5.76 Å². The molecule has 0 aliphatic carbocycles. The molecule has 5 nitrogen and oxygen atoms in total. The van der Waals surface area contributed by atoms with Gasteiger partial charge in [-0.15, -0.1) is 0 Å². The molecule has 0 spiro atoms. The van der Waals surface area contributed by atoms with Gasteiger partial charge in [-0.3, -0.25) is 0 Å². The highest BCUT2D eigenvalue weighted by molar-refractivity contribution is 9.10. The van der Waals surface area contributed by atoms with E-state index in [1.165, 1.54) is 13.2 Å². The van der Waals surface area contributed by atoms with Gasteiger partial charge in [0.25, 0.3) is 0 Å². The zero-order valence-corrected chi connectivity index (χ0v) is 11.3. The van der Waals surface area contributed by atoms with Crippen molar-refractivity contribution >= 4 is 32.9 Å². The van der Waals surface area contributed by atoms with E-state index in [1.807, 2.05) is 0 Å². The first kappa shape index (κ1) is 12.9. The summed E-state index contributed by atoms with van der Waals surface area (Å²) in [6.45, 7) is 1.78. The molecular weight excluding hydrogens is 304 g/mol. The standard InChI is InChI=1S/C12H11BrO5/c1-5-3-7-9(13)6(10(14)12(15)16)4-8(17-2)11(7)18-5/h3-4,10,14H,1-2H3,(H,15,16). The number of aryl methyl sites for hydroxylation is 1. The molecule has 2 rings (SSSR count). The number of ether oxygens (including phenoxy) is 1. The van der Waals surface area contributed by atoms with Crippen LogP contribution < -0.4 is 4.74 Å². The number of carboxylic acid groups (broad SMARTS) is 1. The largest absolute Gasteiger partial charge is 0.493 e. The molecule has 0 amide bonds. The summed E-state index contributed by atoms with van der Waals surface area (Å²) in [6, 6.07) is 3.20. The Morgan fingerprint density at radius 3 is 2.72 bits per heavy atom. The van der Waals surface area contributed by atoms with Crippen LogP contribution in [-0.2, 0) is 4.79 Å². The molecule has 0 saturated carbocycles. The molecule has 6 heteroatoms. The van der Waals surface area contributed by atoms with Crippen molar-refractivity contribution in [1.82, 2.24) is 0 Å². The monoisotopic (exact) mass is 314 g/mol. The van der Waals surface area contributed by atoms with Gasteiger partial charge in [0.05, 0.1) is 7.11 Å². The highest BCUT2D eigenvalue weighted by Gasteiger charge is 2.23. The van der Waals surface area contributed by atoms with Crippen LogP contribution in [0.5, 0.6) is 5.75 Å². The molecule has 0 bridgehead atoms. The molecule has 0 aliphatic rings. The van der Waals surface area contributed by atoms with Crippen molar-refractivity contribution in [3.63, 3.8) is 0 Å². The van der Waals surface area contributed by atoms with Crippen LogP contribution >= 0.6 is 15.9 Å². The van der Waals surface area contributed by atoms with Crippen LogP contribution in [0.15, 0.2) is 21.0 Å². The summed E-state index contributed by atoms with van der Waals surface area (Å²) in [6.07, 6.45) is -1.62. The predicted octanol–water partition coefficient (Wildman–Crippen LogP) is 2.63. The molecule has 1 unspecified atom stereocenters. The molecule has 0 radical (unpaired) electrons. The Kier molecular flexibility index (Phi) is 3.32. The van der Waals surface area contributed by atoms with Gasteiger partial charge in [0.2, 0.25) is 0 Å². The maximum Gasteiger partial charge on any atom is 0.337 e. The second kappa shape index (κ2) is 4.62. The number of halogens is 1. The number of methoxy groups -OCH3 is 1. The summed E-state index contributed by atoms with van der Waals surface area (Å²) in [5, 5.41) is 19.2. The van der Waals surface area contributed by atoms with Gasteiger partial charge in [0.15, 0.2) is 17.4 Å². The van der Waals surface area contributed by atoms with Gasteiger partial charge >= 0.3 is 5.97 Å². The average molecular weight is 315 g/mol. The maximum absolute atomic E-state index is 10.9. The maximum atomic E-state index is 10.9. The van der Waals surface area contributed by atoms with E-state index >= 15 is 0 Å². The number of aliphatic hydroxyl groups is 1. The predicted molar refractivity (Wildman–Crippen MR) is 67.8 cm³/mol. The van der Waals surface area contributed by atoms with E-state index < -0.39 is 12.1 Å². The summed E-state index contributed by atoms with van der Waals surface area (Å²) in [7, 11) is 1.46. The number of aliphatic hydroxyl groups excluding tert-OH is 1. The van der Waals surface area contributed by atoms with E-state index in [2.05, 4.69) is 15.9 Å². The van der Waals surface area contributed by atoms with Gasteiger partial charge in [-0.1, -0.05) is 0 Å². The Labute approximate surface area is 111 Å². The first-order valence-corrected chi connectivity index (χ1v) is 5.92. The summed E-state index contributed by atoms with van der Waals surface area (Å²) in [5.74, 6) is -0.264. The number of carboxylic acids is 1. The lowest BCUT2D eigenvalue weighted by Gasteiger charge is -2.11. The minimum Gasteiger partial charge on any atom is -0.493 e. The third-order valence-electron chi connectivity index (χ3n) is 2.60. The van der Waals surface area contributed by atoms with Crippen LogP contribution in [0.2, 0.25) is 0 Å². The molecule has 1 heterocycles. The van der Waals surface area contributed by atoms with Crippen molar-refractivity contribution in [2.45, 2.75) is 13.0 Å². The average Bonchev–Trinajstić information content (AvgIpc) is 2.71. The van der Waals surface area contributed by atoms with Gasteiger partial charge in [-0.25, -0.2) is 4.79 Å². The fourth-order valence-corrected chi connectivity index (χ4v) is 2.40. The second-order valence-electron chi connectivity index (χ2n) is 3.82. The Hall–Kier alpha value is -1.53. The summed E-state index contributed by atoms with van der Waals surface area (Å²) in [4.78, 5) is 10.9.